The lowest BCUT2D eigenvalue weighted by Gasteiger charge is -2.39. The molecule has 6 atom stereocenters. The van der Waals surface area contributed by atoms with E-state index in [1.54, 1.807) is 0 Å². The van der Waals surface area contributed by atoms with Crippen LogP contribution >= 0.6 is 0 Å². The lowest BCUT2D eigenvalue weighted by Crippen LogP contribution is -2.44. The van der Waals surface area contributed by atoms with Gasteiger partial charge in [0, 0.05) is 10.8 Å². The van der Waals surface area contributed by atoms with Crippen LogP contribution in [-0.4, -0.2) is 41.1 Å². The fourth-order valence-electron chi connectivity index (χ4n) is 8.26. The van der Waals surface area contributed by atoms with Crippen molar-refractivity contribution in [2.24, 2.45) is 33.5 Å². The Morgan fingerprint density at radius 1 is 0.824 bits per heavy atom. The Kier molecular flexibility index (Phi) is 5.19. The molecule has 1 aromatic carbocycles. The van der Waals surface area contributed by atoms with E-state index in [1.807, 2.05) is 44.2 Å². The first-order chi connectivity index (χ1) is 15.6. The van der Waals surface area contributed by atoms with Crippen LogP contribution in [0.4, 0.5) is 0 Å². The van der Waals surface area contributed by atoms with Crippen molar-refractivity contribution >= 4 is 22.3 Å². The van der Waals surface area contributed by atoms with Gasteiger partial charge < -0.3 is 10.2 Å². The van der Waals surface area contributed by atoms with Crippen LogP contribution in [0.5, 0.6) is 0 Å². The van der Waals surface area contributed by atoms with Crippen molar-refractivity contribution in [2.45, 2.75) is 72.5 Å². The Bertz CT molecular complexity index is 1180. The quantitative estimate of drug-likeness (QED) is 0.523. The summed E-state index contributed by atoms with van der Waals surface area (Å²) >= 11 is 0. The topological polar surface area (TPSA) is 94.8 Å². The van der Waals surface area contributed by atoms with Crippen LogP contribution < -0.4 is 0 Å². The number of aliphatic hydroxyl groups is 2. The summed E-state index contributed by atoms with van der Waals surface area (Å²) < 4.78 is 33.2. The molecule has 0 saturated heterocycles. The first kappa shape index (κ1) is 24.2. The summed E-state index contributed by atoms with van der Waals surface area (Å²) in [6.07, 6.45) is 6.43. The average Bonchev–Trinajstić information content (AvgIpc) is 3.22. The van der Waals surface area contributed by atoms with Gasteiger partial charge in [0.2, 0.25) is 0 Å². The molecule has 5 rings (SSSR count). The van der Waals surface area contributed by atoms with Crippen molar-refractivity contribution in [1.29, 1.82) is 0 Å². The van der Waals surface area contributed by atoms with Crippen LogP contribution in [0, 0.1) is 33.5 Å². The highest BCUT2D eigenvalue weighted by Crippen LogP contribution is 2.69. The summed E-state index contributed by atoms with van der Waals surface area (Å²) in [5.41, 5.74) is 2.76. The highest BCUT2D eigenvalue weighted by molar-refractivity contribution is 7.85. The molecule has 4 aliphatic carbocycles. The Balaban J connectivity index is 1.43. The number of aliphatic hydroxyl groups excluding tert-OH is 2. The van der Waals surface area contributed by atoms with E-state index in [1.165, 1.54) is 0 Å². The standard InChI is InChI=1S/C28H38O5S/c1-25(2)21-10-12-27(25,5)23(29)19(21)14-17-6-8-18(9-7-17)15-20-22-11-13-28(24(20)30,26(22,3)4)16-34(31,32)33/h6-9,14-15,21-24,29-30H,10-13,16H2,1-5H3,(H,31,32,33)/b19-14+,20-15?. The van der Waals surface area contributed by atoms with Gasteiger partial charge in [0.1, 0.15) is 0 Å². The Hall–Kier alpha value is -1.47. The van der Waals surface area contributed by atoms with Gasteiger partial charge in [-0.25, -0.2) is 0 Å². The van der Waals surface area contributed by atoms with Gasteiger partial charge in [0.05, 0.1) is 18.0 Å². The molecule has 4 bridgehead atoms. The molecule has 1 aromatic rings. The minimum Gasteiger partial charge on any atom is -0.388 e. The van der Waals surface area contributed by atoms with E-state index in [9.17, 15) is 23.2 Å². The van der Waals surface area contributed by atoms with Gasteiger partial charge in [0.15, 0.2) is 0 Å². The minimum atomic E-state index is -4.20. The van der Waals surface area contributed by atoms with Crippen LogP contribution in [0.1, 0.15) is 71.4 Å². The predicted molar refractivity (Wildman–Crippen MR) is 134 cm³/mol. The third kappa shape index (κ3) is 3.11. The molecule has 0 radical (unpaired) electrons. The Morgan fingerprint density at radius 2 is 1.29 bits per heavy atom. The van der Waals surface area contributed by atoms with Gasteiger partial charge in [0.25, 0.3) is 10.1 Å². The lowest BCUT2D eigenvalue weighted by atomic mass is 9.70. The second kappa shape index (κ2) is 7.28. The molecular weight excluding hydrogens is 448 g/mol. The van der Waals surface area contributed by atoms with Crippen LogP contribution in [0.15, 0.2) is 35.4 Å². The molecule has 0 aliphatic heterocycles. The normalized spacial score (nSPS) is 42.2. The first-order valence-electron chi connectivity index (χ1n) is 12.5. The SMILES string of the molecule is CC1(C)C2CCC1(C)C(O)/C2=C/c1ccc(C=C2C3CCC(CS(=O)(=O)O)(C2O)C3(C)C)cc1. The molecule has 0 aromatic heterocycles. The fourth-order valence-corrected chi connectivity index (χ4v) is 9.59. The highest BCUT2D eigenvalue weighted by Gasteiger charge is 2.67. The number of hydrogen-bond donors (Lipinski definition) is 3. The molecule has 4 saturated carbocycles. The molecule has 6 unspecified atom stereocenters. The number of rotatable bonds is 4. The maximum Gasteiger partial charge on any atom is 0.265 e. The van der Waals surface area contributed by atoms with Gasteiger partial charge in [-0.05, 0) is 70.6 Å². The zero-order chi connectivity index (χ0) is 24.9. The zero-order valence-corrected chi connectivity index (χ0v) is 21.7. The van der Waals surface area contributed by atoms with Crippen molar-refractivity contribution in [1.82, 2.24) is 0 Å². The maximum atomic E-state index is 11.8. The summed E-state index contributed by atoms with van der Waals surface area (Å²) in [6.45, 7) is 10.8. The summed E-state index contributed by atoms with van der Waals surface area (Å²) in [4.78, 5) is 0. The highest BCUT2D eigenvalue weighted by atomic mass is 32.2. The van der Waals surface area contributed by atoms with Gasteiger partial charge in [-0.3, -0.25) is 4.55 Å². The monoisotopic (exact) mass is 486 g/mol. The van der Waals surface area contributed by atoms with Gasteiger partial charge in [-0.1, -0.05) is 71.0 Å². The molecule has 4 fully saturated rings. The van der Waals surface area contributed by atoms with E-state index in [0.29, 0.717) is 12.3 Å². The van der Waals surface area contributed by atoms with Crippen LogP contribution in [0.25, 0.3) is 12.2 Å². The van der Waals surface area contributed by atoms with Crippen molar-refractivity contribution in [2.75, 3.05) is 5.75 Å². The number of benzene rings is 1. The van der Waals surface area contributed by atoms with E-state index >= 15 is 0 Å². The third-order valence-electron chi connectivity index (χ3n) is 10.9. The average molecular weight is 487 g/mol. The smallest absolute Gasteiger partial charge is 0.265 e. The maximum absolute atomic E-state index is 11.8. The largest absolute Gasteiger partial charge is 0.388 e. The third-order valence-corrected chi connectivity index (χ3v) is 11.8. The summed E-state index contributed by atoms with van der Waals surface area (Å²) in [5.74, 6) is 0.0747. The van der Waals surface area contributed by atoms with Crippen molar-refractivity contribution < 1.29 is 23.2 Å². The predicted octanol–water partition coefficient (Wildman–Crippen LogP) is 4.96. The van der Waals surface area contributed by atoms with Gasteiger partial charge >= 0.3 is 0 Å². The van der Waals surface area contributed by atoms with Crippen molar-refractivity contribution in [3.63, 3.8) is 0 Å². The minimum absolute atomic E-state index is 0.0728. The summed E-state index contributed by atoms with van der Waals surface area (Å²) in [7, 11) is -4.20. The lowest BCUT2D eigenvalue weighted by molar-refractivity contribution is 0.0264. The van der Waals surface area contributed by atoms with E-state index in [4.69, 9.17) is 0 Å². The molecule has 186 valence electrons. The van der Waals surface area contributed by atoms with Crippen LogP contribution in [-0.2, 0) is 10.1 Å². The molecule has 5 nitrogen and oxygen atoms in total. The number of hydrogen-bond acceptors (Lipinski definition) is 4. The Labute approximate surface area is 203 Å². The molecule has 0 heterocycles. The van der Waals surface area contributed by atoms with E-state index in [2.05, 4.69) is 26.8 Å². The van der Waals surface area contributed by atoms with Crippen LogP contribution in [0.2, 0.25) is 0 Å². The molecule has 4 aliphatic rings. The number of fused-ring (bicyclic) bond motifs is 4. The van der Waals surface area contributed by atoms with Crippen molar-refractivity contribution in [3.8, 4) is 0 Å². The zero-order valence-electron chi connectivity index (χ0n) is 20.9. The van der Waals surface area contributed by atoms with Gasteiger partial charge in [-0.15, -0.1) is 0 Å². The van der Waals surface area contributed by atoms with Gasteiger partial charge in [-0.2, -0.15) is 8.42 Å². The summed E-state index contributed by atoms with van der Waals surface area (Å²) in [6, 6.07) is 8.14. The second-order valence-electron chi connectivity index (χ2n) is 12.7. The molecule has 6 heteroatoms. The first-order valence-corrected chi connectivity index (χ1v) is 14.1. The van der Waals surface area contributed by atoms with Crippen molar-refractivity contribution in [3.05, 3.63) is 46.5 Å². The molecule has 0 spiro atoms. The van der Waals surface area contributed by atoms with E-state index in [-0.39, 0.29) is 16.7 Å². The summed E-state index contributed by atoms with van der Waals surface area (Å²) in [5, 5.41) is 22.3. The molecular formula is C28H38O5S. The molecule has 0 amide bonds. The fraction of sp³-hybridized carbons (Fsp3) is 0.643. The molecule has 3 N–H and O–H groups in total. The second-order valence-corrected chi connectivity index (χ2v) is 14.1. The van der Waals surface area contributed by atoms with E-state index in [0.717, 1.165) is 41.5 Å². The van der Waals surface area contributed by atoms with Crippen LogP contribution in [0.3, 0.4) is 0 Å². The van der Waals surface area contributed by atoms with E-state index < -0.39 is 38.9 Å². The molecule has 34 heavy (non-hydrogen) atoms. The Morgan fingerprint density at radius 3 is 1.76 bits per heavy atom.